The minimum absolute atomic E-state index is 0.00671. The van der Waals surface area contributed by atoms with Gasteiger partial charge in [0.1, 0.15) is 6.23 Å². The second-order valence-corrected chi connectivity index (χ2v) is 5.00. The predicted octanol–water partition coefficient (Wildman–Crippen LogP) is 2.11. The van der Waals surface area contributed by atoms with Gasteiger partial charge in [-0.25, -0.2) is 4.79 Å². The van der Waals surface area contributed by atoms with Crippen molar-refractivity contribution in [2.45, 2.75) is 38.1 Å². The molecule has 2 heterocycles. The van der Waals surface area contributed by atoms with Gasteiger partial charge < -0.3 is 9.47 Å². The van der Waals surface area contributed by atoms with Crippen molar-refractivity contribution in [1.82, 2.24) is 4.90 Å². The second-order valence-electron chi connectivity index (χ2n) is 5.00. The lowest BCUT2D eigenvalue weighted by Gasteiger charge is -2.24. The maximum absolute atomic E-state index is 12.1. The summed E-state index contributed by atoms with van der Waals surface area (Å²) < 4.78 is 11.1. The SMILES string of the molecule is CCOC(=O)C1OC2CCCN2C1c1ccccc1. The molecule has 2 aliphatic heterocycles. The number of rotatable bonds is 3. The minimum Gasteiger partial charge on any atom is -0.464 e. The molecular weight excluding hydrogens is 242 g/mol. The van der Waals surface area contributed by atoms with Crippen LogP contribution >= 0.6 is 0 Å². The normalized spacial score (nSPS) is 30.3. The Balaban J connectivity index is 1.89. The molecule has 2 saturated heterocycles. The number of hydrogen-bond donors (Lipinski definition) is 0. The summed E-state index contributed by atoms with van der Waals surface area (Å²) in [6.07, 6.45) is 1.70. The Morgan fingerprint density at radius 1 is 1.42 bits per heavy atom. The summed E-state index contributed by atoms with van der Waals surface area (Å²) in [6.45, 7) is 3.20. The maximum atomic E-state index is 12.1. The molecule has 0 bridgehead atoms. The van der Waals surface area contributed by atoms with E-state index in [4.69, 9.17) is 9.47 Å². The third-order valence-corrected chi connectivity index (χ3v) is 3.85. The fraction of sp³-hybridized carbons (Fsp3) is 0.533. The van der Waals surface area contributed by atoms with E-state index in [0.717, 1.165) is 24.9 Å². The van der Waals surface area contributed by atoms with E-state index in [-0.39, 0.29) is 18.2 Å². The minimum atomic E-state index is -0.493. The van der Waals surface area contributed by atoms with Crippen LogP contribution in [-0.4, -0.2) is 36.4 Å². The molecule has 4 nitrogen and oxygen atoms in total. The van der Waals surface area contributed by atoms with Gasteiger partial charge in [-0.3, -0.25) is 4.90 Å². The molecule has 1 aromatic carbocycles. The van der Waals surface area contributed by atoms with Crippen molar-refractivity contribution in [2.75, 3.05) is 13.2 Å². The number of ether oxygens (including phenoxy) is 2. The molecule has 102 valence electrons. The molecule has 1 aromatic rings. The van der Waals surface area contributed by atoms with Crippen LogP contribution in [0.1, 0.15) is 31.4 Å². The van der Waals surface area contributed by atoms with Crippen molar-refractivity contribution in [1.29, 1.82) is 0 Å². The van der Waals surface area contributed by atoms with Gasteiger partial charge in [0.2, 0.25) is 0 Å². The van der Waals surface area contributed by atoms with Gasteiger partial charge in [-0.05, 0) is 25.3 Å². The highest BCUT2D eigenvalue weighted by Gasteiger charge is 2.48. The monoisotopic (exact) mass is 261 g/mol. The van der Waals surface area contributed by atoms with Crippen molar-refractivity contribution < 1.29 is 14.3 Å². The molecular formula is C15H19NO3. The zero-order chi connectivity index (χ0) is 13.2. The summed E-state index contributed by atoms with van der Waals surface area (Å²) >= 11 is 0. The summed E-state index contributed by atoms with van der Waals surface area (Å²) in [5.41, 5.74) is 1.13. The van der Waals surface area contributed by atoms with E-state index >= 15 is 0 Å². The molecule has 2 fully saturated rings. The average Bonchev–Trinajstić information content (AvgIpc) is 2.99. The molecule has 3 unspecified atom stereocenters. The van der Waals surface area contributed by atoms with Crippen LogP contribution in [0.5, 0.6) is 0 Å². The first-order valence-corrected chi connectivity index (χ1v) is 6.94. The Morgan fingerprint density at radius 3 is 2.95 bits per heavy atom. The highest BCUT2D eigenvalue weighted by atomic mass is 16.6. The van der Waals surface area contributed by atoms with Gasteiger partial charge in [-0.15, -0.1) is 0 Å². The van der Waals surface area contributed by atoms with E-state index < -0.39 is 6.10 Å². The van der Waals surface area contributed by atoms with Gasteiger partial charge in [0.15, 0.2) is 6.10 Å². The molecule has 0 saturated carbocycles. The topological polar surface area (TPSA) is 38.8 Å². The standard InChI is InChI=1S/C15H19NO3/c1-2-18-15(17)14-13(11-7-4-3-5-8-11)16-10-6-9-12(16)19-14/h3-5,7-8,12-14H,2,6,9-10H2,1H3. The molecule has 2 aliphatic rings. The highest BCUT2D eigenvalue weighted by Crippen LogP contribution is 2.41. The fourth-order valence-corrected chi connectivity index (χ4v) is 3.07. The molecule has 0 radical (unpaired) electrons. The number of benzene rings is 1. The molecule has 0 aliphatic carbocycles. The Labute approximate surface area is 113 Å². The molecule has 3 atom stereocenters. The van der Waals surface area contributed by atoms with Gasteiger partial charge in [-0.1, -0.05) is 30.3 Å². The van der Waals surface area contributed by atoms with Crippen LogP contribution < -0.4 is 0 Å². The molecule has 0 spiro atoms. The maximum Gasteiger partial charge on any atom is 0.337 e. The van der Waals surface area contributed by atoms with Crippen LogP contribution in [0.25, 0.3) is 0 Å². The van der Waals surface area contributed by atoms with Crippen LogP contribution in [-0.2, 0) is 14.3 Å². The van der Waals surface area contributed by atoms with Crippen molar-refractivity contribution in [3.8, 4) is 0 Å². The summed E-state index contributed by atoms with van der Waals surface area (Å²) in [5, 5.41) is 0. The van der Waals surface area contributed by atoms with Crippen LogP contribution in [0.15, 0.2) is 30.3 Å². The summed E-state index contributed by atoms with van der Waals surface area (Å²) in [7, 11) is 0. The number of carbonyl (C=O) groups excluding carboxylic acids is 1. The molecule has 0 N–H and O–H groups in total. The van der Waals surface area contributed by atoms with Crippen LogP contribution in [0.4, 0.5) is 0 Å². The Hall–Kier alpha value is -1.39. The van der Waals surface area contributed by atoms with Crippen molar-refractivity contribution in [2.24, 2.45) is 0 Å². The van der Waals surface area contributed by atoms with E-state index in [0.29, 0.717) is 6.61 Å². The Bertz CT molecular complexity index is 448. The summed E-state index contributed by atoms with van der Waals surface area (Å²) in [6, 6.07) is 10.1. The van der Waals surface area contributed by atoms with Crippen LogP contribution in [0.3, 0.4) is 0 Å². The quantitative estimate of drug-likeness (QED) is 0.781. The zero-order valence-electron chi connectivity index (χ0n) is 11.1. The second kappa shape index (κ2) is 5.31. The molecule has 0 amide bonds. The van der Waals surface area contributed by atoms with Gasteiger partial charge in [-0.2, -0.15) is 0 Å². The number of nitrogens with zero attached hydrogens (tertiary/aromatic N) is 1. The molecule has 19 heavy (non-hydrogen) atoms. The lowest BCUT2D eigenvalue weighted by Crippen LogP contribution is -2.33. The van der Waals surface area contributed by atoms with Gasteiger partial charge in [0, 0.05) is 6.54 Å². The molecule has 4 heteroatoms. The third-order valence-electron chi connectivity index (χ3n) is 3.85. The Morgan fingerprint density at radius 2 is 2.21 bits per heavy atom. The van der Waals surface area contributed by atoms with Crippen molar-refractivity contribution >= 4 is 5.97 Å². The zero-order valence-corrected chi connectivity index (χ0v) is 11.1. The van der Waals surface area contributed by atoms with Gasteiger partial charge >= 0.3 is 5.97 Å². The number of fused-ring (bicyclic) bond motifs is 1. The van der Waals surface area contributed by atoms with E-state index in [2.05, 4.69) is 17.0 Å². The largest absolute Gasteiger partial charge is 0.464 e. The number of carbonyl (C=O) groups is 1. The summed E-state index contributed by atoms with van der Waals surface area (Å²) in [4.78, 5) is 14.4. The van der Waals surface area contributed by atoms with Gasteiger partial charge in [0.05, 0.1) is 12.6 Å². The predicted molar refractivity (Wildman–Crippen MR) is 70.4 cm³/mol. The van der Waals surface area contributed by atoms with Crippen LogP contribution in [0, 0.1) is 0 Å². The molecule has 0 aromatic heterocycles. The number of esters is 1. The average molecular weight is 261 g/mol. The lowest BCUT2D eigenvalue weighted by molar-refractivity contribution is -0.156. The van der Waals surface area contributed by atoms with E-state index in [1.165, 1.54) is 0 Å². The molecule has 3 rings (SSSR count). The third kappa shape index (κ3) is 2.26. The highest BCUT2D eigenvalue weighted by molar-refractivity contribution is 5.76. The van der Waals surface area contributed by atoms with Gasteiger partial charge in [0.25, 0.3) is 0 Å². The first-order chi connectivity index (χ1) is 9.31. The first kappa shape index (κ1) is 12.6. The Kier molecular flexibility index (Phi) is 3.53. The van der Waals surface area contributed by atoms with Crippen molar-refractivity contribution in [3.63, 3.8) is 0 Å². The number of hydrogen-bond acceptors (Lipinski definition) is 4. The smallest absolute Gasteiger partial charge is 0.337 e. The van der Waals surface area contributed by atoms with E-state index in [1.54, 1.807) is 0 Å². The fourth-order valence-electron chi connectivity index (χ4n) is 3.07. The van der Waals surface area contributed by atoms with Crippen LogP contribution in [0.2, 0.25) is 0 Å². The summed E-state index contributed by atoms with van der Waals surface area (Å²) in [5.74, 6) is -0.245. The van der Waals surface area contributed by atoms with E-state index in [9.17, 15) is 4.79 Å². The first-order valence-electron chi connectivity index (χ1n) is 6.94. The lowest BCUT2D eigenvalue weighted by atomic mass is 10.0. The van der Waals surface area contributed by atoms with E-state index in [1.807, 2.05) is 25.1 Å². The van der Waals surface area contributed by atoms with Crippen molar-refractivity contribution in [3.05, 3.63) is 35.9 Å².